The zero-order valence-corrected chi connectivity index (χ0v) is 12.2. The van der Waals surface area contributed by atoms with E-state index in [4.69, 9.17) is 5.73 Å². The minimum atomic E-state index is -0.848. The molecule has 0 bridgehead atoms. The van der Waals surface area contributed by atoms with Gasteiger partial charge >= 0.3 is 6.03 Å². The van der Waals surface area contributed by atoms with Gasteiger partial charge in [-0.15, -0.1) is 0 Å². The van der Waals surface area contributed by atoms with Gasteiger partial charge in [-0.2, -0.15) is 0 Å². The summed E-state index contributed by atoms with van der Waals surface area (Å²) in [5.74, 6) is -0.396. The third-order valence-corrected chi connectivity index (χ3v) is 4.14. The molecule has 0 aromatic heterocycles. The Morgan fingerprint density at radius 2 is 1.85 bits per heavy atom. The zero-order chi connectivity index (χ0) is 15.1. The van der Waals surface area contributed by atoms with Crippen LogP contribution in [0.5, 0.6) is 0 Å². The normalized spacial score (nSPS) is 23.5. The van der Waals surface area contributed by atoms with Gasteiger partial charge in [-0.25, -0.2) is 4.79 Å². The smallest absolute Gasteiger partial charge is 0.322 e. The van der Waals surface area contributed by atoms with Crippen LogP contribution < -0.4 is 16.4 Å². The predicted octanol–water partition coefficient (Wildman–Crippen LogP) is -0.440. The third kappa shape index (κ3) is 2.49. The molecular weight excluding hydrogens is 260 g/mol. The molecule has 0 aromatic rings. The molecule has 2 rings (SSSR count). The lowest BCUT2D eigenvalue weighted by Crippen LogP contribution is -2.59. The Hall–Kier alpha value is -1.63. The summed E-state index contributed by atoms with van der Waals surface area (Å²) < 4.78 is 0. The number of hydrogen-bond donors (Lipinski definition) is 3. The number of nitrogens with zero attached hydrogens (tertiary/aromatic N) is 1. The molecule has 0 unspecified atom stereocenters. The summed E-state index contributed by atoms with van der Waals surface area (Å²) in [6, 6.07) is -1.02. The highest BCUT2D eigenvalue weighted by molar-refractivity contribution is 6.07. The molecule has 0 aliphatic carbocycles. The number of rotatable bonds is 1. The molecule has 2 aliphatic rings. The van der Waals surface area contributed by atoms with Crippen molar-refractivity contribution >= 4 is 17.8 Å². The van der Waals surface area contributed by atoms with Crippen LogP contribution in [0.3, 0.4) is 0 Å². The lowest BCUT2D eigenvalue weighted by molar-refractivity contribution is -0.138. The molecule has 7 nitrogen and oxygen atoms in total. The van der Waals surface area contributed by atoms with Crippen LogP contribution in [0.4, 0.5) is 4.79 Å². The fourth-order valence-corrected chi connectivity index (χ4v) is 2.56. The number of imide groups is 1. The van der Waals surface area contributed by atoms with E-state index in [9.17, 15) is 14.4 Å². The van der Waals surface area contributed by atoms with Crippen LogP contribution in [0.15, 0.2) is 0 Å². The topological polar surface area (TPSA) is 105 Å². The molecule has 7 heteroatoms. The second kappa shape index (κ2) is 4.73. The number of likely N-dealkylation sites (tertiary alicyclic amines) is 1. The first-order valence-electron chi connectivity index (χ1n) is 6.84. The maximum absolute atomic E-state index is 12.3. The average molecular weight is 282 g/mol. The summed E-state index contributed by atoms with van der Waals surface area (Å²) in [6.45, 7) is 6.62. The summed E-state index contributed by atoms with van der Waals surface area (Å²) >= 11 is 0. The van der Waals surface area contributed by atoms with E-state index >= 15 is 0 Å². The zero-order valence-electron chi connectivity index (χ0n) is 12.2. The molecule has 0 aromatic carbocycles. The third-order valence-electron chi connectivity index (χ3n) is 4.14. The molecule has 0 radical (unpaired) electrons. The Kier molecular flexibility index (Phi) is 3.49. The number of nitrogens with two attached hydrogens (primary N) is 1. The lowest BCUT2D eigenvalue weighted by Gasteiger charge is -2.39. The molecule has 2 aliphatic heterocycles. The summed E-state index contributed by atoms with van der Waals surface area (Å²) in [5, 5.41) is 4.92. The Balaban J connectivity index is 2.00. The minimum absolute atomic E-state index is 0.0999. The number of piperidine rings is 1. The molecule has 20 heavy (non-hydrogen) atoms. The van der Waals surface area contributed by atoms with Crippen molar-refractivity contribution in [3.63, 3.8) is 0 Å². The molecule has 2 heterocycles. The van der Waals surface area contributed by atoms with Crippen LogP contribution in [0.25, 0.3) is 0 Å². The number of carbonyl (C=O) groups excluding carboxylic acids is 3. The van der Waals surface area contributed by atoms with Crippen molar-refractivity contribution in [2.75, 3.05) is 13.1 Å². The highest BCUT2D eigenvalue weighted by Gasteiger charge is 2.48. The number of amides is 4. The molecular formula is C13H22N4O3. The van der Waals surface area contributed by atoms with Gasteiger partial charge in [-0.3, -0.25) is 14.9 Å². The van der Waals surface area contributed by atoms with Gasteiger partial charge in [-0.1, -0.05) is 20.8 Å². The van der Waals surface area contributed by atoms with Crippen LogP contribution in [0, 0.1) is 5.41 Å². The Morgan fingerprint density at radius 3 is 2.25 bits per heavy atom. The standard InChI is InChI=1S/C13H22N4O3/c1-12(2,3)8(14)9(18)17-6-4-13(5-7-17)10(19)15-11(20)16-13/h8H,4-7,14H2,1-3H3,(H2,15,16,19,20)/t8-/m1/s1. The van der Waals surface area contributed by atoms with Crippen molar-refractivity contribution < 1.29 is 14.4 Å². The SMILES string of the molecule is CC(C)(C)[C@H](N)C(=O)N1CCC2(CC1)NC(=O)NC2=O. The highest BCUT2D eigenvalue weighted by atomic mass is 16.2. The largest absolute Gasteiger partial charge is 0.341 e. The highest BCUT2D eigenvalue weighted by Crippen LogP contribution is 2.27. The fraction of sp³-hybridized carbons (Fsp3) is 0.769. The van der Waals surface area contributed by atoms with Crippen LogP contribution in [0.2, 0.25) is 0 Å². The first-order valence-corrected chi connectivity index (χ1v) is 6.84. The van der Waals surface area contributed by atoms with Gasteiger partial charge in [0.2, 0.25) is 5.91 Å². The van der Waals surface area contributed by atoms with Gasteiger partial charge in [0.1, 0.15) is 5.54 Å². The monoisotopic (exact) mass is 282 g/mol. The van der Waals surface area contributed by atoms with Gasteiger partial charge in [0.25, 0.3) is 5.91 Å². The van der Waals surface area contributed by atoms with Gasteiger partial charge in [0, 0.05) is 13.1 Å². The molecule has 2 fully saturated rings. The van der Waals surface area contributed by atoms with Crippen molar-refractivity contribution in [1.82, 2.24) is 15.5 Å². The van der Waals surface area contributed by atoms with E-state index < -0.39 is 17.6 Å². The quantitative estimate of drug-likeness (QED) is 0.567. The number of nitrogens with one attached hydrogen (secondary N) is 2. The van der Waals surface area contributed by atoms with E-state index in [0.29, 0.717) is 25.9 Å². The van der Waals surface area contributed by atoms with E-state index in [1.54, 1.807) is 4.90 Å². The van der Waals surface area contributed by atoms with Crippen LogP contribution in [-0.4, -0.2) is 47.4 Å². The Labute approximate surface area is 118 Å². The van der Waals surface area contributed by atoms with Crippen LogP contribution in [0.1, 0.15) is 33.6 Å². The van der Waals surface area contributed by atoms with Crippen molar-refractivity contribution in [3.8, 4) is 0 Å². The van der Waals surface area contributed by atoms with Crippen LogP contribution >= 0.6 is 0 Å². The van der Waals surface area contributed by atoms with E-state index in [2.05, 4.69) is 10.6 Å². The molecule has 2 saturated heterocycles. The maximum Gasteiger partial charge on any atom is 0.322 e. The first-order chi connectivity index (χ1) is 9.16. The molecule has 4 amide bonds. The number of hydrogen-bond acceptors (Lipinski definition) is 4. The molecule has 4 N–H and O–H groups in total. The van der Waals surface area contributed by atoms with E-state index in [1.807, 2.05) is 20.8 Å². The van der Waals surface area contributed by atoms with Gasteiger partial charge < -0.3 is 16.0 Å². The van der Waals surface area contributed by atoms with Gasteiger partial charge in [0.15, 0.2) is 0 Å². The van der Waals surface area contributed by atoms with Crippen molar-refractivity contribution in [2.45, 2.75) is 45.2 Å². The van der Waals surface area contributed by atoms with Crippen LogP contribution in [-0.2, 0) is 9.59 Å². The summed E-state index contributed by atoms with van der Waals surface area (Å²) in [4.78, 5) is 37.0. The van der Waals surface area contributed by atoms with Crippen molar-refractivity contribution in [1.29, 1.82) is 0 Å². The Bertz CT molecular complexity index is 447. The minimum Gasteiger partial charge on any atom is -0.341 e. The first kappa shape index (κ1) is 14.8. The summed E-state index contributed by atoms with van der Waals surface area (Å²) in [7, 11) is 0. The predicted molar refractivity (Wildman–Crippen MR) is 72.6 cm³/mol. The van der Waals surface area contributed by atoms with E-state index in [-0.39, 0.29) is 17.2 Å². The number of carbonyl (C=O) groups is 3. The van der Waals surface area contributed by atoms with E-state index in [1.165, 1.54) is 0 Å². The molecule has 112 valence electrons. The summed E-state index contributed by atoms with van der Waals surface area (Å²) in [6.07, 6.45) is 0.848. The second-order valence-electron chi connectivity index (χ2n) is 6.66. The molecule has 1 atom stereocenters. The molecule has 0 saturated carbocycles. The van der Waals surface area contributed by atoms with Gasteiger partial charge in [-0.05, 0) is 18.3 Å². The van der Waals surface area contributed by atoms with E-state index in [0.717, 1.165) is 0 Å². The van der Waals surface area contributed by atoms with Crippen molar-refractivity contribution in [3.05, 3.63) is 0 Å². The van der Waals surface area contributed by atoms with Gasteiger partial charge in [0.05, 0.1) is 6.04 Å². The lowest BCUT2D eigenvalue weighted by atomic mass is 9.84. The second-order valence-corrected chi connectivity index (χ2v) is 6.66. The van der Waals surface area contributed by atoms with Crippen molar-refractivity contribution in [2.24, 2.45) is 11.1 Å². The Morgan fingerprint density at radius 1 is 1.30 bits per heavy atom. The molecule has 1 spiro atoms. The average Bonchev–Trinajstić information content (AvgIpc) is 2.62. The number of urea groups is 1. The maximum atomic E-state index is 12.3. The fourth-order valence-electron chi connectivity index (χ4n) is 2.56. The summed E-state index contributed by atoms with van der Waals surface area (Å²) in [5.41, 5.74) is 4.83.